The quantitative estimate of drug-likeness (QED) is 0.408. The second-order valence-electron chi connectivity index (χ2n) is 10.6. The number of hydrogen-bond donors (Lipinski definition) is 2. The number of carbonyl (C=O) groups excluding carboxylic acids is 1. The van der Waals surface area contributed by atoms with Crippen molar-refractivity contribution in [1.82, 2.24) is 9.62 Å². The highest BCUT2D eigenvalue weighted by Crippen LogP contribution is 2.33. The molecule has 0 radical (unpaired) electrons. The van der Waals surface area contributed by atoms with Gasteiger partial charge in [-0.2, -0.15) is 4.31 Å². The summed E-state index contributed by atoms with van der Waals surface area (Å²) in [4.78, 5) is 13.2. The van der Waals surface area contributed by atoms with Crippen LogP contribution in [0.4, 0.5) is 4.79 Å². The van der Waals surface area contributed by atoms with Crippen molar-refractivity contribution in [3.63, 3.8) is 0 Å². The third-order valence-electron chi connectivity index (χ3n) is 7.57. The number of carbonyl (C=O) groups is 1. The van der Waals surface area contributed by atoms with Crippen LogP contribution in [0.15, 0.2) is 59.5 Å². The standard InChI is InChI=1S/C29H40N2O7S/c1-4-20(2)17-31(39(34,35)23-12-10-21(3)11-13-23)18-26(32)25(16-22-8-6-5-7-9-22)30-29(33)38-27-19-37-28-24(27)14-15-36-28/h5-13,20,24-28,32H,4,14-19H2,1-3H3,(H,30,33)/t20-,24-,25-,26+,27-,28+/m0/s1. The normalized spacial score (nSPS) is 23.3. The first-order valence-electron chi connectivity index (χ1n) is 13.7. The number of alkyl carbamates (subject to hydrolysis) is 1. The van der Waals surface area contributed by atoms with Gasteiger partial charge in [-0.05, 0) is 43.4 Å². The molecule has 2 aromatic rings. The molecule has 2 heterocycles. The summed E-state index contributed by atoms with van der Waals surface area (Å²) in [6, 6.07) is 15.3. The van der Waals surface area contributed by atoms with E-state index in [1.807, 2.05) is 51.1 Å². The molecule has 0 unspecified atom stereocenters. The fourth-order valence-corrected chi connectivity index (χ4v) is 6.54. The predicted octanol–water partition coefficient (Wildman–Crippen LogP) is 3.49. The Morgan fingerprint density at radius 1 is 1.13 bits per heavy atom. The summed E-state index contributed by atoms with van der Waals surface area (Å²) in [7, 11) is -3.88. The van der Waals surface area contributed by atoms with Crippen LogP contribution in [0.1, 0.15) is 37.8 Å². The van der Waals surface area contributed by atoms with E-state index in [1.165, 1.54) is 4.31 Å². The van der Waals surface area contributed by atoms with E-state index < -0.39 is 34.4 Å². The van der Waals surface area contributed by atoms with Crippen LogP contribution in [0.2, 0.25) is 0 Å². The molecule has 39 heavy (non-hydrogen) atoms. The number of aliphatic hydroxyl groups is 1. The minimum Gasteiger partial charge on any atom is -0.443 e. The predicted molar refractivity (Wildman–Crippen MR) is 147 cm³/mol. The summed E-state index contributed by atoms with van der Waals surface area (Å²) >= 11 is 0. The average Bonchev–Trinajstić information content (AvgIpc) is 3.54. The maximum atomic E-state index is 13.6. The number of nitrogens with zero attached hydrogens (tertiary/aromatic N) is 1. The van der Waals surface area contributed by atoms with Gasteiger partial charge in [0.2, 0.25) is 10.0 Å². The van der Waals surface area contributed by atoms with Crippen molar-refractivity contribution in [1.29, 1.82) is 0 Å². The Balaban J connectivity index is 1.52. The second-order valence-corrected chi connectivity index (χ2v) is 12.6. The van der Waals surface area contributed by atoms with E-state index in [9.17, 15) is 18.3 Å². The van der Waals surface area contributed by atoms with E-state index in [0.29, 0.717) is 13.0 Å². The van der Waals surface area contributed by atoms with Crippen molar-refractivity contribution in [3.8, 4) is 0 Å². The fraction of sp³-hybridized carbons (Fsp3) is 0.552. The minimum atomic E-state index is -3.88. The van der Waals surface area contributed by atoms with Crippen molar-refractivity contribution in [2.75, 3.05) is 26.3 Å². The van der Waals surface area contributed by atoms with Crippen LogP contribution >= 0.6 is 0 Å². The average molecular weight is 561 g/mol. The molecule has 2 fully saturated rings. The lowest BCUT2D eigenvalue weighted by Gasteiger charge is -2.31. The van der Waals surface area contributed by atoms with E-state index in [2.05, 4.69) is 5.32 Å². The SMILES string of the molecule is CC[C@H](C)CN(C[C@@H](O)[C@H](Cc1ccccc1)NC(=O)O[C@H]1CO[C@H]2OCC[C@H]21)S(=O)(=O)c1ccc(C)cc1. The van der Waals surface area contributed by atoms with Crippen molar-refractivity contribution >= 4 is 16.1 Å². The van der Waals surface area contributed by atoms with Gasteiger partial charge in [0.05, 0.1) is 36.2 Å². The van der Waals surface area contributed by atoms with Crippen LogP contribution in [-0.4, -0.2) is 74.8 Å². The molecule has 0 bridgehead atoms. The molecule has 2 N–H and O–H groups in total. The molecular weight excluding hydrogens is 520 g/mol. The van der Waals surface area contributed by atoms with Gasteiger partial charge in [0.25, 0.3) is 0 Å². The number of aryl methyl sites for hydroxylation is 1. The van der Waals surface area contributed by atoms with Crippen LogP contribution in [0.5, 0.6) is 0 Å². The minimum absolute atomic E-state index is 0.0149. The molecule has 9 nitrogen and oxygen atoms in total. The third kappa shape index (κ3) is 7.58. The van der Waals surface area contributed by atoms with Gasteiger partial charge >= 0.3 is 6.09 Å². The summed E-state index contributed by atoms with van der Waals surface area (Å²) in [5.74, 6) is 0.0609. The van der Waals surface area contributed by atoms with Crippen LogP contribution in [0.25, 0.3) is 0 Å². The highest BCUT2D eigenvalue weighted by Gasteiger charge is 2.44. The number of fused-ring (bicyclic) bond motifs is 1. The highest BCUT2D eigenvalue weighted by atomic mass is 32.2. The molecule has 2 aromatic carbocycles. The van der Waals surface area contributed by atoms with Gasteiger partial charge < -0.3 is 24.6 Å². The molecule has 10 heteroatoms. The Hall–Kier alpha value is -2.50. The maximum Gasteiger partial charge on any atom is 0.407 e. The molecule has 0 aromatic heterocycles. The fourth-order valence-electron chi connectivity index (χ4n) is 4.96. The number of benzene rings is 2. The van der Waals surface area contributed by atoms with Gasteiger partial charge in [-0.1, -0.05) is 68.3 Å². The van der Waals surface area contributed by atoms with Crippen LogP contribution < -0.4 is 5.32 Å². The van der Waals surface area contributed by atoms with Crippen molar-refractivity contribution in [2.45, 2.75) is 69.5 Å². The van der Waals surface area contributed by atoms with Gasteiger partial charge in [0, 0.05) is 13.1 Å². The molecular formula is C29H40N2O7S. The van der Waals surface area contributed by atoms with E-state index in [4.69, 9.17) is 14.2 Å². The molecule has 0 saturated carbocycles. The monoisotopic (exact) mass is 560 g/mol. The molecule has 2 aliphatic heterocycles. The van der Waals surface area contributed by atoms with Gasteiger partial charge in [-0.15, -0.1) is 0 Å². The van der Waals surface area contributed by atoms with Crippen LogP contribution in [0, 0.1) is 18.8 Å². The number of sulfonamides is 1. The first kappa shape index (κ1) is 29.5. The Bertz CT molecular complexity index is 1180. The van der Waals surface area contributed by atoms with Gasteiger partial charge in [0.1, 0.15) is 6.10 Å². The Kier molecular flexibility index (Phi) is 10.0. The molecule has 0 spiro atoms. The van der Waals surface area contributed by atoms with Crippen LogP contribution in [0.3, 0.4) is 0 Å². The van der Waals surface area contributed by atoms with Gasteiger partial charge in [-0.3, -0.25) is 0 Å². The lowest BCUT2D eigenvalue weighted by molar-refractivity contribution is -0.0907. The first-order chi connectivity index (χ1) is 18.7. The number of ether oxygens (including phenoxy) is 3. The first-order valence-corrected chi connectivity index (χ1v) is 15.1. The topological polar surface area (TPSA) is 114 Å². The number of rotatable bonds is 12. The van der Waals surface area contributed by atoms with E-state index >= 15 is 0 Å². The molecule has 2 aliphatic rings. The second kappa shape index (κ2) is 13.2. The summed E-state index contributed by atoms with van der Waals surface area (Å²) < 4.78 is 45.4. The molecule has 214 valence electrons. The van der Waals surface area contributed by atoms with E-state index in [1.54, 1.807) is 24.3 Å². The number of aliphatic hydroxyl groups excluding tert-OH is 1. The summed E-state index contributed by atoms with van der Waals surface area (Å²) in [6.07, 6.45) is -0.820. The maximum absolute atomic E-state index is 13.6. The highest BCUT2D eigenvalue weighted by molar-refractivity contribution is 7.89. The van der Waals surface area contributed by atoms with E-state index in [0.717, 1.165) is 24.0 Å². The zero-order valence-corrected chi connectivity index (χ0v) is 23.7. The van der Waals surface area contributed by atoms with Crippen LogP contribution in [-0.2, 0) is 30.7 Å². The molecule has 2 saturated heterocycles. The Morgan fingerprint density at radius 2 is 1.85 bits per heavy atom. The number of hydrogen-bond acceptors (Lipinski definition) is 7. The number of amides is 1. The largest absolute Gasteiger partial charge is 0.443 e. The Labute approximate surface area is 231 Å². The van der Waals surface area contributed by atoms with Gasteiger partial charge in [-0.25, -0.2) is 13.2 Å². The third-order valence-corrected chi connectivity index (χ3v) is 9.42. The molecule has 4 rings (SSSR count). The zero-order valence-electron chi connectivity index (χ0n) is 22.9. The lowest BCUT2D eigenvalue weighted by atomic mass is 10.0. The summed E-state index contributed by atoms with van der Waals surface area (Å²) in [6.45, 7) is 6.76. The van der Waals surface area contributed by atoms with Crippen molar-refractivity contribution in [3.05, 3.63) is 65.7 Å². The molecule has 0 aliphatic carbocycles. The van der Waals surface area contributed by atoms with Crippen molar-refractivity contribution < 1.29 is 32.5 Å². The lowest BCUT2D eigenvalue weighted by Crippen LogP contribution is -2.51. The molecule has 1 amide bonds. The van der Waals surface area contributed by atoms with Gasteiger partial charge in [0.15, 0.2) is 6.29 Å². The number of nitrogens with one attached hydrogen (secondary N) is 1. The smallest absolute Gasteiger partial charge is 0.407 e. The summed E-state index contributed by atoms with van der Waals surface area (Å²) in [5, 5.41) is 14.2. The molecule has 6 atom stereocenters. The van der Waals surface area contributed by atoms with E-state index in [-0.39, 0.29) is 42.7 Å². The zero-order chi connectivity index (χ0) is 28.0. The van der Waals surface area contributed by atoms with Crippen molar-refractivity contribution in [2.24, 2.45) is 11.8 Å². The Morgan fingerprint density at radius 3 is 2.54 bits per heavy atom. The summed E-state index contributed by atoms with van der Waals surface area (Å²) in [5.41, 5.74) is 1.85.